The van der Waals surface area contributed by atoms with Crippen LogP contribution in [0.5, 0.6) is 0 Å². The average Bonchev–Trinajstić information content (AvgIpc) is 3.52. The highest BCUT2D eigenvalue weighted by molar-refractivity contribution is 5.26. The first-order valence-corrected chi connectivity index (χ1v) is 11.7. The number of likely N-dealkylation sites (tertiary alicyclic amines) is 1. The normalized spacial score (nSPS) is 16.9. The number of aliphatic hydroxyl groups is 1. The van der Waals surface area contributed by atoms with Gasteiger partial charge in [0.15, 0.2) is 0 Å². The van der Waals surface area contributed by atoms with Crippen LogP contribution in [0.25, 0.3) is 0 Å². The zero-order valence-corrected chi connectivity index (χ0v) is 19.2. The standard InChI is InChI=1S/C25H27F2N7O/c26-20-6-7-23(24(27)13-20)25(35,16-33-18-28-17-29-33)15-32-10-8-22(9-11-32)34-14-21(30-31-34)12-19-4-2-1-3-5-19/h1-7,13-14,17-18,22,35H,8-12,15-16H2. The molecule has 2 aromatic carbocycles. The molecule has 0 aliphatic carbocycles. The number of aromatic nitrogens is 6. The van der Waals surface area contributed by atoms with Crippen LogP contribution < -0.4 is 0 Å². The van der Waals surface area contributed by atoms with E-state index in [1.54, 1.807) is 0 Å². The van der Waals surface area contributed by atoms with Crippen LogP contribution in [-0.4, -0.2) is 59.4 Å². The van der Waals surface area contributed by atoms with Gasteiger partial charge in [-0.15, -0.1) is 5.10 Å². The highest BCUT2D eigenvalue weighted by Gasteiger charge is 2.37. The topological polar surface area (TPSA) is 84.9 Å². The van der Waals surface area contributed by atoms with Gasteiger partial charge in [0.25, 0.3) is 0 Å². The highest BCUT2D eigenvalue weighted by atomic mass is 19.1. The lowest BCUT2D eigenvalue weighted by Gasteiger charge is -2.38. The van der Waals surface area contributed by atoms with Crippen molar-refractivity contribution in [3.8, 4) is 0 Å². The maximum absolute atomic E-state index is 14.7. The minimum atomic E-state index is -1.60. The largest absolute Gasteiger partial charge is 0.382 e. The molecular formula is C25H27F2N7O. The maximum atomic E-state index is 14.7. The highest BCUT2D eigenvalue weighted by Crippen LogP contribution is 2.30. The third-order valence-corrected chi connectivity index (χ3v) is 6.52. The van der Waals surface area contributed by atoms with Gasteiger partial charge in [-0.25, -0.2) is 23.1 Å². The van der Waals surface area contributed by atoms with Gasteiger partial charge in [0.05, 0.1) is 18.3 Å². The molecular weight excluding hydrogens is 452 g/mol. The lowest BCUT2D eigenvalue weighted by Crippen LogP contribution is -2.47. The fourth-order valence-corrected chi connectivity index (χ4v) is 4.76. The van der Waals surface area contributed by atoms with E-state index in [2.05, 4.69) is 37.4 Å². The summed E-state index contributed by atoms with van der Waals surface area (Å²) < 4.78 is 31.6. The van der Waals surface area contributed by atoms with E-state index in [4.69, 9.17) is 0 Å². The molecule has 5 rings (SSSR count). The van der Waals surface area contributed by atoms with E-state index >= 15 is 0 Å². The van der Waals surface area contributed by atoms with Crippen molar-refractivity contribution in [1.82, 2.24) is 34.7 Å². The Balaban J connectivity index is 1.25. The predicted octanol–water partition coefficient (Wildman–Crippen LogP) is 2.96. The van der Waals surface area contributed by atoms with Gasteiger partial charge in [-0.05, 0) is 24.5 Å². The zero-order valence-electron chi connectivity index (χ0n) is 19.2. The van der Waals surface area contributed by atoms with Crippen LogP contribution in [0.1, 0.15) is 35.7 Å². The number of β-amino-alcohol motifs (C(OH)–C–C–N with tert-alkyl or cyclic N) is 1. The third kappa shape index (κ3) is 5.44. The van der Waals surface area contributed by atoms with E-state index in [1.165, 1.54) is 29.0 Å². The summed E-state index contributed by atoms with van der Waals surface area (Å²) in [5.41, 5.74) is 0.550. The molecule has 182 valence electrons. The Morgan fingerprint density at radius 2 is 1.83 bits per heavy atom. The first-order valence-electron chi connectivity index (χ1n) is 11.7. The number of benzene rings is 2. The van der Waals surface area contributed by atoms with Gasteiger partial charge in [0.1, 0.15) is 29.9 Å². The van der Waals surface area contributed by atoms with Gasteiger partial charge < -0.3 is 5.11 Å². The summed E-state index contributed by atoms with van der Waals surface area (Å²) in [4.78, 5) is 6.01. The number of piperidine rings is 1. The molecule has 10 heteroatoms. The molecule has 2 aromatic heterocycles. The Bertz CT molecular complexity index is 1240. The summed E-state index contributed by atoms with van der Waals surface area (Å²) in [5.74, 6) is -1.47. The van der Waals surface area contributed by atoms with Crippen molar-refractivity contribution in [1.29, 1.82) is 0 Å². The van der Waals surface area contributed by atoms with Gasteiger partial charge >= 0.3 is 0 Å². The molecule has 0 amide bonds. The zero-order chi connectivity index (χ0) is 24.3. The quantitative estimate of drug-likeness (QED) is 0.418. The van der Waals surface area contributed by atoms with Gasteiger partial charge in [-0.1, -0.05) is 41.6 Å². The molecule has 8 nitrogen and oxygen atoms in total. The summed E-state index contributed by atoms with van der Waals surface area (Å²) in [7, 11) is 0. The van der Waals surface area contributed by atoms with Gasteiger partial charge in [-0.2, -0.15) is 5.10 Å². The van der Waals surface area contributed by atoms with Crippen LogP contribution in [0.15, 0.2) is 67.4 Å². The Kier molecular flexibility index (Phi) is 6.65. The second-order valence-corrected chi connectivity index (χ2v) is 9.11. The van der Waals surface area contributed by atoms with Gasteiger partial charge in [-0.3, -0.25) is 4.90 Å². The summed E-state index contributed by atoms with van der Waals surface area (Å²) in [6, 6.07) is 13.6. The SMILES string of the molecule is OC(CN1CCC(n2cc(Cc3ccccc3)nn2)CC1)(Cn1cncn1)c1ccc(F)cc1F. The smallest absolute Gasteiger partial charge is 0.137 e. The number of nitrogens with zero attached hydrogens (tertiary/aromatic N) is 7. The van der Waals surface area contributed by atoms with Crippen molar-refractivity contribution in [2.45, 2.75) is 37.5 Å². The second-order valence-electron chi connectivity index (χ2n) is 9.11. The molecule has 1 aliphatic rings. The van der Waals surface area contributed by atoms with E-state index in [9.17, 15) is 13.9 Å². The monoisotopic (exact) mass is 479 g/mol. The van der Waals surface area contributed by atoms with E-state index in [-0.39, 0.29) is 24.7 Å². The van der Waals surface area contributed by atoms with Crippen LogP contribution in [-0.2, 0) is 18.6 Å². The van der Waals surface area contributed by atoms with Gasteiger partial charge in [0.2, 0.25) is 0 Å². The van der Waals surface area contributed by atoms with Crippen molar-refractivity contribution in [2.24, 2.45) is 0 Å². The minimum Gasteiger partial charge on any atom is -0.382 e. The number of halogens is 2. The lowest BCUT2D eigenvalue weighted by atomic mass is 9.91. The van der Waals surface area contributed by atoms with E-state index in [1.807, 2.05) is 29.1 Å². The van der Waals surface area contributed by atoms with E-state index in [0.717, 1.165) is 37.1 Å². The number of rotatable bonds is 8. The van der Waals surface area contributed by atoms with Crippen LogP contribution in [0.4, 0.5) is 8.78 Å². The fourth-order valence-electron chi connectivity index (χ4n) is 4.76. The van der Waals surface area contributed by atoms with Crippen molar-refractivity contribution >= 4 is 0 Å². The van der Waals surface area contributed by atoms with E-state index in [0.29, 0.717) is 13.1 Å². The fraction of sp³-hybridized carbons (Fsp3) is 0.360. The molecule has 0 bridgehead atoms. The van der Waals surface area contributed by atoms with E-state index < -0.39 is 17.2 Å². The van der Waals surface area contributed by atoms with Crippen LogP contribution in [0.3, 0.4) is 0 Å². The average molecular weight is 480 g/mol. The molecule has 1 N–H and O–H groups in total. The Morgan fingerprint density at radius 1 is 1.03 bits per heavy atom. The van der Waals surface area contributed by atoms with Crippen molar-refractivity contribution < 1.29 is 13.9 Å². The predicted molar refractivity (Wildman–Crippen MR) is 124 cm³/mol. The number of hydrogen-bond donors (Lipinski definition) is 1. The molecule has 4 aromatic rings. The first-order chi connectivity index (χ1) is 17.0. The van der Waals surface area contributed by atoms with Crippen molar-refractivity contribution in [2.75, 3.05) is 19.6 Å². The maximum Gasteiger partial charge on any atom is 0.137 e. The molecule has 0 radical (unpaired) electrons. The minimum absolute atomic E-state index is 0.00139. The van der Waals surface area contributed by atoms with Crippen LogP contribution in [0, 0.1) is 11.6 Å². The summed E-state index contributed by atoms with van der Waals surface area (Å²) in [5, 5.41) is 24.3. The molecule has 3 heterocycles. The van der Waals surface area contributed by atoms with Gasteiger partial charge in [0, 0.05) is 43.9 Å². The molecule has 1 aliphatic heterocycles. The molecule has 1 saturated heterocycles. The summed E-state index contributed by atoms with van der Waals surface area (Å²) in [6.45, 7) is 1.57. The Morgan fingerprint density at radius 3 is 2.54 bits per heavy atom. The van der Waals surface area contributed by atoms with Crippen LogP contribution >= 0.6 is 0 Å². The van der Waals surface area contributed by atoms with Crippen molar-refractivity contribution in [3.05, 3.63) is 95.8 Å². The summed E-state index contributed by atoms with van der Waals surface area (Å²) in [6.07, 6.45) is 7.20. The molecule has 1 fully saturated rings. The second kappa shape index (κ2) is 10.0. The molecule has 0 spiro atoms. The van der Waals surface area contributed by atoms with Crippen molar-refractivity contribution in [3.63, 3.8) is 0 Å². The number of hydrogen-bond acceptors (Lipinski definition) is 6. The first kappa shape index (κ1) is 23.3. The molecule has 35 heavy (non-hydrogen) atoms. The molecule has 1 atom stereocenters. The Labute approximate surface area is 201 Å². The molecule has 1 unspecified atom stereocenters. The third-order valence-electron chi connectivity index (χ3n) is 6.52. The van der Waals surface area contributed by atoms with Crippen LogP contribution in [0.2, 0.25) is 0 Å². The summed E-state index contributed by atoms with van der Waals surface area (Å²) >= 11 is 0. The Hall–Kier alpha value is -3.50. The molecule has 0 saturated carbocycles. The lowest BCUT2D eigenvalue weighted by molar-refractivity contribution is -0.0285.